The summed E-state index contributed by atoms with van der Waals surface area (Å²) in [7, 11) is 1.63. The number of hydrogen-bond acceptors (Lipinski definition) is 3. The Morgan fingerprint density at radius 1 is 1.27 bits per heavy atom. The monoisotopic (exact) mass is 431 g/mol. The number of methoxy groups -OCH3 is 1. The molecule has 3 N–H and O–H groups in total. The van der Waals surface area contributed by atoms with Crippen LogP contribution in [0.5, 0.6) is 5.75 Å². The molecular formula is C16H22IN3OS. The van der Waals surface area contributed by atoms with Gasteiger partial charge in [0.1, 0.15) is 5.75 Å². The fourth-order valence-electron chi connectivity index (χ4n) is 1.95. The van der Waals surface area contributed by atoms with Gasteiger partial charge in [0.25, 0.3) is 0 Å². The zero-order valence-corrected chi connectivity index (χ0v) is 16.1. The maximum atomic E-state index is 5.98. The van der Waals surface area contributed by atoms with Crippen molar-refractivity contribution < 1.29 is 4.74 Å². The number of nitrogens with zero attached hydrogens (tertiary/aromatic N) is 1. The minimum absolute atomic E-state index is 0. The third-order valence-corrected chi connectivity index (χ3v) is 4.44. The molecule has 120 valence electrons. The fourth-order valence-corrected chi connectivity index (χ4v) is 2.79. The third kappa shape index (κ3) is 4.88. The highest BCUT2D eigenvalue weighted by atomic mass is 127. The smallest absolute Gasteiger partial charge is 0.193 e. The lowest BCUT2D eigenvalue weighted by Crippen LogP contribution is -2.27. The van der Waals surface area contributed by atoms with Gasteiger partial charge in [-0.3, -0.25) is 4.99 Å². The second kappa shape index (κ2) is 8.38. The van der Waals surface area contributed by atoms with Crippen molar-refractivity contribution in [1.82, 2.24) is 0 Å². The topological polar surface area (TPSA) is 59.6 Å². The molecule has 1 heterocycles. The highest BCUT2D eigenvalue weighted by molar-refractivity contribution is 14.0. The number of hydrogen-bond donors (Lipinski definition) is 2. The SMILES string of the molecule is COc1ccccc1NC(N)=NCC(C)(C)c1cccs1.I. The molecule has 4 nitrogen and oxygen atoms in total. The predicted molar refractivity (Wildman–Crippen MR) is 106 cm³/mol. The Morgan fingerprint density at radius 3 is 2.64 bits per heavy atom. The Labute approximate surface area is 152 Å². The van der Waals surface area contributed by atoms with Crippen molar-refractivity contribution in [2.75, 3.05) is 19.0 Å². The lowest BCUT2D eigenvalue weighted by molar-refractivity contribution is 0.417. The zero-order valence-electron chi connectivity index (χ0n) is 13.0. The van der Waals surface area contributed by atoms with E-state index in [2.05, 4.69) is 41.7 Å². The molecule has 22 heavy (non-hydrogen) atoms. The molecule has 0 aliphatic rings. The van der Waals surface area contributed by atoms with E-state index in [0.717, 1.165) is 11.4 Å². The van der Waals surface area contributed by atoms with Gasteiger partial charge in [-0.05, 0) is 23.6 Å². The number of benzene rings is 1. The number of ether oxygens (including phenoxy) is 1. The van der Waals surface area contributed by atoms with Crippen LogP contribution in [0.25, 0.3) is 0 Å². The Kier molecular flexibility index (Phi) is 7.15. The van der Waals surface area contributed by atoms with Gasteiger partial charge in [0.05, 0.1) is 19.3 Å². The van der Waals surface area contributed by atoms with Crippen molar-refractivity contribution in [3.8, 4) is 5.75 Å². The number of nitrogens with two attached hydrogens (primary N) is 1. The van der Waals surface area contributed by atoms with Gasteiger partial charge in [-0.15, -0.1) is 35.3 Å². The Balaban J connectivity index is 0.00000242. The van der Waals surface area contributed by atoms with Crippen LogP contribution in [0.3, 0.4) is 0 Å². The van der Waals surface area contributed by atoms with E-state index < -0.39 is 0 Å². The summed E-state index contributed by atoms with van der Waals surface area (Å²) in [6, 6.07) is 11.8. The van der Waals surface area contributed by atoms with Gasteiger partial charge in [-0.1, -0.05) is 32.0 Å². The molecule has 2 rings (SSSR count). The van der Waals surface area contributed by atoms with Gasteiger partial charge >= 0.3 is 0 Å². The van der Waals surface area contributed by atoms with Crippen molar-refractivity contribution in [2.45, 2.75) is 19.3 Å². The molecule has 0 aliphatic heterocycles. The molecule has 0 saturated heterocycles. The van der Waals surface area contributed by atoms with E-state index in [9.17, 15) is 0 Å². The average Bonchev–Trinajstić information content (AvgIpc) is 3.01. The van der Waals surface area contributed by atoms with E-state index in [1.54, 1.807) is 18.4 Å². The molecule has 0 aliphatic carbocycles. The van der Waals surface area contributed by atoms with E-state index in [1.807, 2.05) is 24.3 Å². The Morgan fingerprint density at radius 2 is 2.00 bits per heavy atom. The second-order valence-corrected chi connectivity index (χ2v) is 6.34. The number of rotatable bonds is 5. The molecule has 0 bridgehead atoms. The van der Waals surface area contributed by atoms with Crippen LogP contribution in [0, 0.1) is 0 Å². The van der Waals surface area contributed by atoms with E-state index in [0.29, 0.717) is 12.5 Å². The first kappa shape index (κ1) is 18.8. The van der Waals surface area contributed by atoms with Gasteiger partial charge in [-0.25, -0.2) is 0 Å². The molecule has 0 saturated carbocycles. The molecule has 0 unspecified atom stereocenters. The number of anilines is 1. The van der Waals surface area contributed by atoms with Crippen molar-refractivity contribution >= 4 is 47.0 Å². The zero-order chi connectivity index (χ0) is 15.3. The number of para-hydroxylation sites is 2. The fraction of sp³-hybridized carbons (Fsp3) is 0.312. The molecule has 2 aromatic rings. The number of guanidine groups is 1. The van der Waals surface area contributed by atoms with Crippen LogP contribution in [0.4, 0.5) is 5.69 Å². The summed E-state index contributed by atoms with van der Waals surface area (Å²) in [6.07, 6.45) is 0. The second-order valence-electron chi connectivity index (χ2n) is 5.39. The molecule has 0 atom stereocenters. The van der Waals surface area contributed by atoms with Crippen molar-refractivity contribution in [1.29, 1.82) is 0 Å². The van der Waals surface area contributed by atoms with Crippen LogP contribution in [0.1, 0.15) is 18.7 Å². The summed E-state index contributed by atoms with van der Waals surface area (Å²) in [6.45, 7) is 4.96. The van der Waals surface area contributed by atoms with E-state index in [1.165, 1.54) is 4.88 Å². The Bertz CT molecular complexity index is 612. The van der Waals surface area contributed by atoms with E-state index in [4.69, 9.17) is 10.5 Å². The highest BCUT2D eigenvalue weighted by Gasteiger charge is 2.21. The first-order valence-corrected chi connectivity index (χ1v) is 7.65. The van der Waals surface area contributed by atoms with E-state index >= 15 is 0 Å². The molecular weight excluding hydrogens is 409 g/mol. The highest BCUT2D eigenvalue weighted by Crippen LogP contribution is 2.28. The van der Waals surface area contributed by atoms with Crippen LogP contribution < -0.4 is 15.8 Å². The number of aliphatic imine (C=N–C) groups is 1. The average molecular weight is 431 g/mol. The summed E-state index contributed by atoms with van der Waals surface area (Å²) in [4.78, 5) is 5.76. The quantitative estimate of drug-likeness (QED) is 0.426. The molecule has 1 aromatic heterocycles. The largest absolute Gasteiger partial charge is 0.495 e. The standard InChI is InChI=1S/C16H21N3OS.HI/c1-16(2,14-9-6-10-21-14)11-18-15(17)19-12-7-4-5-8-13(12)20-3;/h4-10H,11H2,1-3H3,(H3,17,18,19);1H. The normalized spacial score (nSPS) is 11.7. The van der Waals surface area contributed by atoms with Crippen molar-refractivity contribution in [2.24, 2.45) is 10.7 Å². The summed E-state index contributed by atoms with van der Waals surface area (Å²) in [5.41, 5.74) is 6.77. The number of thiophene rings is 1. The maximum Gasteiger partial charge on any atom is 0.193 e. The van der Waals surface area contributed by atoms with Crippen molar-refractivity contribution in [3.05, 3.63) is 46.7 Å². The Hall–Kier alpha value is -1.28. The van der Waals surface area contributed by atoms with Gasteiger partial charge in [0.15, 0.2) is 5.96 Å². The van der Waals surface area contributed by atoms with Gasteiger partial charge < -0.3 is 15.8 Å². The summed E-state index contributed by atoms with van der Waals surface area (Å²) in [5, 5.41) is 5.17. The lowest BCUT2D eigenvalue weighted by Gasteiger charge is -2.21. The van der Waals surface area contributed by atoms with Crippen LogP contribution in [-0.2, 0) is 5.41 Å². The molecule has 1 aromatic carbocycles. The predicted octanol–water partition coefficient (Wildman–Crippen LogP) is 4.08. The van der Waals surface area contributed by atoms with Crippen LogP contribution in [-0.4, -0.2) is 19.6 Å². The van der Waals surface area contributed by atoms with Gasteiger partial charge in [0.2, 0.25) is 0 Å². The molecule has 0 fully saturated rings. The van der Waals surface area contributed by atoms with Crippen LogP contribution in [0.15, 0.2) is 46.8 Å². The summed E-state index contributed by atoms with van der Waals surface area (Å²) >= 11 is 1.74. The minimum atomic E-state index is -0.0265. The minimum Gasteiger partial charge on any atom is -0.495 e. The molecule has 0 spiro atoms. The summed E-state index contributed by atoms with van der Waals surface area (Å²) < 4.78 is 5.28. The molecule has 0 radical (unpaired) electrons. The van der Waals surface area contributed by atoms with Gasteiger partial charge in [0, 0.05) is 10.3 Å². The van der Waals surface area contributed by atoms with Crippen LogP contribution in [0.2, 0.25) is 0 Å². The third-order valence-electron chi connectivity index (χ3n) is 3.20. The first-order valence-electron chi connectivity index (χ1n) is 6.77. The summed E-state index contributed by atoms with van der Waals surface area (Å²) in [5.74, 6) is 1.14. The molecule has 0 amide bonds. The number of halogens is 1. The molecule has 6 heteroatoms. The first-order chi connectivity index (χ1) is 10.0. The van der Waals surface area contributed by atoms with Gasteiger partial charge in [-0.2, -0.15) is 0 Å². The van der Waals surface area contributed by atoms with Crippen LogP contribution >= 0.6 is 35.3 Å². The maximum absolute atomic E-state index is 5.98. The lowest BCUT2D eigenvalue weighted by atomic mass is 9.92. The van der Waals surface area contributed by atoms with E-state index in [-0.39, 0.29) is 29.4 Å². The number of nitrogens with one attached hydrogen (secondary N) is 1. The van der Waals surface area contributed by atoms with Crippen molar-refractivity contribution in [3.63, 3.8) is 0 Å².